The van der Waals surface area contributed by atoms with Crippen molar-refractivity contribution in [3.05, 3.63) is 34.7 Å². The third-order valence-corrected chi connectivity index (χ3v) is 7.77. The van der Waals surface area contributed by atoms with Gasteiger partial charge in [0.2, 0.25) is 15.9 Å². The molecule has 1 aromatic heterocycles. The second kappa shape index (κ2) is 9.15. The summed E-state index contributed by atoms with van der Waals surface area (Å²) < 4.78 is 26.1. The number of anilines is 1. The number of nitrogens with zero attached hydrogens (tertiary/aromatic N) is 2. The van der Waals surface area contributed by atoms with E-state index in [0.717, 1.165) is 28.4 Å². The topological polar surface area (TPSA) is 79.4 Å². The maximum Gasteiger partial charge on any atom is 0.227 e. The number of piperidine rings is 1. The molecule has 0 radical (unpaired) electrons. The highest BCUT2D eigenvalue weighted by molar-refractivity contribution is 7.89. The quantitative estimate of drug-likeness (QED) is 0.735. The molecule has 3 rings (SSSR count). The van der Waals surface area contributed by atoms with Gasteiger partial charge in [0.05, 0.1) is 16.5 Å². The monoisotopic (exact) mass is 421 g/mol. The predicted octanol–water partition coefficient (Wildman–Crippen LogP) is 3.90. The maximum atomic E-state index is 12.6. The minimum Gasteiger partial charge on any atom is -0.326 e. The highest BCUT2D eigenvalue weighted by Crippen LogP contribution is 2.25. The van der Waals surface area contributed by atoms with E-state index in [1.807, 2.05) is 43.5 Å². The summed E-state index contributed by atoms with van der Waals surface area (Å²) in [5.41, 5.74) is 2.71. The average molecular weight is 422 g/mol. The Morgan fingerprint density at radius 1 is 1.25 bits per heavy atom. The molecular weight excluding hydrogens is 394 g/mol. The zero-order valence-electron chi connectivity index (χ0n) is 16.3. The summed E-state index contributed by atoms with van der Waals surface area (Å²) in [4.78, 5) is 17.0. The third kappa shape index (κ3) is 5.18. The fraction of sp³-hybridized carbons (Fsp3) is 0.500. The number of aromatic nitrogens is 1. The van der Waals surface area contributed by atoms with Gasteiger partial charge >= 0.3 is 0 Å². The summed E-state index contributed by atoms with van der Waals surface area (Å²) in [5, 5.41) is 6.00. The molecule has 2 heterocycles. The van der Waals surface area contributed by atoms with Crippen molar-refractivity contribution in [1.29, 1.82) is 0 Å². The fourth-order valence-electron chi connectivity index (χ4n) is 3.32. The van der Waals surface area contributed by atoms with Gasteiger partial charge in [0.15, 0.2) is 0 Å². The maximum absolute atomic E-state index is 12.6. The first-order chi connectivity index (χ1) is 13.4. The van der Waals surface area contributed by atoms with Crippen LogP contribution in [0.2, 0.25) is 0 Å². The first kappa shape index (κ1) is 21.0. The number of thiazole rings is 1. The number of rotatable bonds is 7. The van der Waals surface area contributed by atoms with E-state index in [1.165, 1.54) is 4.31 Å². The lowest BCUT2D eigenvalue weighted by molar-refractivity contribution is -0.120. The third-order valence-electron chi connectivity index (χ3n) is 5.04. The van der Waals surface area contributed by atoms with Crippen LogP contribution in [0.3, 0.4) is 0 Å². The summed E-state index contributed by atoms with van der Waals surface area (Å²) in [6, 6.07) is 7.67. The van der Waals surface area contributed by atoms with Gasteiger partial charge in [0, 0.05) is 35.6 Å². The largest absolute Gasteiger partial charge is 0.326 e. The smallest absolute Gasteiger partial charge is 0.227 e. The van der Waals surface area contributed by atoms with Crippen LogP contribution in [-0.4, -0.2) is 42.5 Å². The predicted molar refractivity (Wildman–Crippen MR) is 114 cm³/mol. The number of amides is 1. The van der Waals surface area contributed by atoms with Crippen molar-refractivity contribution in [1.82, 2.24) is 9.29 Å². The van der Waals surface area contributed by atoms with E-state index >= 15 is 0 Å². The Kier molecular flexibility index (Phi) is 6.85. The Morgan fingerprint density at radius 3 is 2.50 bits per heavy atom. The molecule has 8 heteroatoms. The number of benzene rings is 1. The number of sulfonamides is 1. The van der Waals surface area contributed by atoms with Crippen molar-refractivity contribution < 1.29 is 13.2 Å². The SMILES string of the molecule is CCCCS(=O)(=O)N1CCC(C(=O)Nc2ccc(-c3csc(C)n3)cc2)CC1. The lowest BCUT2D eigenvalue weighted by Crippen LogP contribution is -2.42. The zero-order chi connectivity index (χ0) is 20.1. The van der Waals surface area contributed by atoms with E-state index in [4.69, 9.17) is 0 Å². The van der Waals surface area contributed by atoms with Gasteiger partial charge in [-0.05, 0) is 38.3 Å². The van der Waals surface area contributed by atoms with Gasteiger partial charge < -0.3 is 5.32 Å². The summed E-state index contributed by atoms with van der Waals surface area (Å²) in [6.07, 6.45) is 2.67. The van der Waals surface area contributed by atoms with Gasteiger partial charge in [-0.1, -0.05) is 25.5 Å². The summed E-state index contributed by atoms with van der Waals surface area (Å²) in [6.45, 7) is 4.80. The Hall–Kier alpha value is -1.77. The van der Waals surface area contributed by atoms with Gasteiger partial charge in [0.25, 0.3) is 0 Å². The Balaban J connectivity index is 1.53. The molecule has 0 bridgehead atoms. The van der Waals surface area contributed by atoms with Crippen LogP contribution in [0.25, 0.3) is 11.3 Å². The van der Waals surface area contributed by atoms with Crippen molar-refractivity contribution in [3.8, 4) is 11.3 Å². The number of aryl methyl sites for hydroxylation is 1. The van der Waals surface area contributed by atoms with Crippen molar-refractivity contribution in [3.63, 3.8) is 0 Å². The minimum absolute atomic E-state index is 0.0390. The molecule has 0 saturated carbocycles. The highest BCUT2D eigenvalue weighted by atomic mass is 32.2. The van der Waals surface area contributed by atoms with E-state index in [9.17, 15) is 13.2 Å². The highest BCUT2D eigenvalue weighted by Gasteiger charge is 2.30. The molecule has 0 unspecified atom stereocenters. The molecule has 0 atom stereocenters. The summed E-state index contributed by atoms with van der Waals surface area (Å²) >= 11 is 1.61. The lowest BCUT2D eigenvalue weighted by Gasteiger charge is -2.30. The molecule has 28 heavy (non-hydrogen) atoms. The number of unbranched alkanes of at least 4 members (excludes halogenated alkanes) is 1. The van der Waals surface area contributed by atoms with Gasteiger partial charge in [-0.2, -0.15) is 0 Å². The van der Waals surface area contributed by atoms with Gasteiger partial charge in [-0.15, -0.1) is 11.3 Å². The number of nitrogens with one attached hydrogen (secondary N) is 1. The second-order valence-corrected chi connectivity index (χ2v) is 10.3. The first-order valence-electron chi connectivity index (χ1n) is 9.70. The molecule has 2 aromatic rings. The Morgan fingerprint density at radius 2 is 1.93 bits per heavy atom. The molecule has 1 saturated heterocycles. The molecule has 1 aliphatic rings. The van der Waals surface area contributed by atoms with Crippen LogP contribution in [-0.2, 0) is 14.8 Å². The summed E-state index contributed by atoms with van der Waals surface area (Å²) in [7, 11) is -3.19. The van der Waals surface area contributed by atoms with Crippen LogP contribution in [0, 0.1) is 12.8 Å². The van der Waals surface area contributed by atoms with Gasteiger partial charge in [-0.3, -0.25) is 4.79 Å². The van der Waals surface area contributed by atoms with Crippen molar-refractivity contribution in [2.75, 3.05) is 24.2 Å². The summed E-state index contributed by atoms with van der Waals surface area (Å²) in [5.74, 6) is 0.00643. The molecule has 1 fully saturated rings. The Labute approximate surface area is 171 Å². The standard InChI is InChI=1S/C20H27N3O3S2/c1-3-4-13-28(25,26)23-11-9-17(10-12-23)20(24)22-18-7-5-16(6-8-18)19-14-27-15(2)21-19/h5-8,14,17H,3-4,9-13H2,1-2H3,(H,22,24). The van der Waals surface area contributed by atoms with E-state index in [-0.39, 0.29) is 17.6 Å². The van der Waals surface area contributed by atoms with Crippen LogP contribution in [0.5, 0.6) is 0 Å². The molecule has 6 nitrogen and oxygen atoms in total. The molecule has 0 aliphatic carbocycles. The van der Waals surface area contributed by atoms with Crippen molar-refractivity contribution >= 4 is 33.0 Å². The number of carbonyl (C=O) groups excluding carboxylic acids is 1. The molecule has 1 amide bonds. The van der Waals surface area contributed by atoms with Crippen LogP contribution >= 0.6 is 11.3 Å². The molecule has 152 valence electrons. The van der Waals surface area contributed by atoms with Gasteiger partial charge in [-0.25, -0.2) is 17.7 Å². The number of hydrogen-bond donors (Lipinski definition) is 1. The van der Waals surface area contributed by atoms with E-state index in [2.05, 4.69) is 10.3 Å². The fourth-order valence-corrected chi connectivity index (χ4v) is 5.62. The molecule has 1 N–H and O–H groups in total. The van der Waals surface area contributed by atoms with E-state index in [0.29, 0.717) is 32.4 Å². The van der Waals surface area contributed by atoms with Crippen LogP contribution in [0.4, 0.5) is 5.69 Å². The second-order valence-electron chi connectivity index (χ2n) is 7.16. The molecule has 1 aliphatic heterocycles. The van der Waals surface area contributed by atoms with Crippen LogP contribution < -0.4 is 5.32 Å². The first-order valence-corrected chi connectivity index (χ1v) is 12.2. The van der Waals surface area contributed by atoms with Crippen molar-refractivity contribution in [2.45, 2.75) is 39.5 Å². The Bertz CT molecular complexity index is 899. The molecular formula is C20H27N3O3S2. The van der Waals surface area contributed by atoms with Crippen molar-refractivity contribution in [2.24, 2.45) is 5.92 Å². The number of hydrogen-bond acceptors (Lipinski definition) is 5. The number of carbonyl (C=O) groups is 1. The average Bonchev–Trinajstić information content (AvgIpc) is 3.13. The molecule has 0 spiro atoms. The normalized spacial score (nSPS) is 16.2. The van der Waals surface area contributed by atoms with Gasteiger partial charge in [0.1, 0.15) is 0 Å². The van der Waals surface area contributed by atoms with Crippen LogP contribution in [0.1, 0.15) is 37.6 Å². The lowest BCUT2D eigenvalue weighted by atomic mass is 9.97. The van der Waals surface area contributed by atoms with E-state index in [1.54, 1.807) is 11.3 Å². The molecule has 1 aromatic carbocycles. The minimum atomic E-state index is -3.19. The zero-order valence-corrected chi connectivity index (χ0v) is 18.0. The van der Waals surface area contributed by atoms with E-state index < -0.39 is 10.0 Å². The van der Waals surface area contributed by atoms with Crippen LogP contribution in [0.15, 0.2) is 29.6 Å².